The maximum absolute atomic E-state index is 13.2. The number of anilines is 1. The number of ether oxygens (including phenoxy) is 1. The van der Waals surface area contributed by atoms with Crippen LogP contribution in [0, 0.1) is 11.6 Å². The van der Waals surface area contributed by atoms with E-state index in [1.54, 1.807) is 0 Å². The SMILES string of the molecule is Nc1cncnc1Oc1cccc(F)c1F. The van der Waals surface area contributed by atoms with Crippen molar-refractivity contribution in [3.63, 3.8) is 0 Å². The number of aromatic nitrogens is 2. The Morgan fingerprint density at radius 2 is 2.06 bits per heavy atom. The first-order valence-electron chi connectivity index (χ1n) is 4.36. The summed E-state index contributed by atoms with van der Waals surface area (Å²) < 4.78 is 31.1. The molecule has 2 aromatic rings. The van der Waals surface area contributed by atoms with Gasteiger partial charge in [-0.15, -0.1) is 0 Å². The molecule has 0 aliphatic carbocycles. The Hall–Kier alpha value is -2.24. The van der Waals surface area contributed by atoms with Crippen molar-refractivity contribution in [2.24, 2.45) is 0 Å². The van der Waals surface area contributed by atoms with E-state index in [0.717, 1.165) is 6.07 Å². The molecule has 0 fully saturated rings. The van der Waals surface area contributed by atoms with Crippen LogP contribution in [-0.4, -0.2) is 9.97 Å². The smallest absolute Gasteiger partial charge is 0.245 e. The summed E-state index contributed by atoms with van der Waals surface area (Å²) in [5.41, 5.74) is 5.63. The highest BCUT2D eigenvalue weighted by Crippen LogP contribution is 2.27. The summed E-state index contributed by atoms with van der Waals surface area (Å²) in [6.07, 6.45) is 2.50. The van der Waals surface area contributed by atoms with Crippen LogP contribution < -0.4 is 10.5 Å². The van der Waals surface area contributed by atoms with Gasteiger partial charge in [0.1, 0.15) is 12.0 Å². The molecule has 0 atom stereocenters. The average molecular weight is 223 g/mol. The van der Waals surface area contributed by atoms with E-state index in [1.807, 2.05) is 0 Å². The van der Waals surface area contributed by atoms with Gasteiger partial charge in [0.2, 0.25) is 11.7 Å². The summed E-state index contributed by atoms with van der Waals surface area (Å²) in [5.74, 6) is -2.37. The monoisotopic (exact) mass is 223 g/mol. The standard InChI is InChI=1S/C10H7F2N3O/c11-6-2-1-3-8(9(6)12)16-10-7(13)4-14-5-15-10/h1-5H,13H2. The van der Waals surface area contributed by atoms with Crippen LogP contribution in [0.5, 0.6) is 11.6 Å². The number of benzene rings is 1. The van der Waals surface area contributed by atoms with Gasteiger partial charge in [0.05, 0.1) is 6.20 Å². The van der Waals surface area contributed by atoms with Gasteiger partial charge in [-0.2, -0.15) is 9.37 Å². The molecule has 0 amide bonds. The zero-order valence-corrected chi connectivity index (χ0v) is 8.02. The van der Waals surface area contributed by atoms with Crippen molar-refractivity contribution in [3.05, 3.63) is 42.4 Å². The highest BCUT2D eigenvalue weighted by molar-refractivity contribution is 5.47. The van der Waals surface area contributed by atoms with Crippen LogP contribution in [0.4, 0.5) is 14.5 Å². The van der Waals surface area contributed by atoms with Gasteiger partial charge in [-0.1, -0.05) is 6.07 Å². The summed E-state index contributed by atoms with van der Waals surface area (Å²) >= 11 is 0. The molecule has 16 heavy (non-hydrogen) atoms. The van der Waals surface area contributed by atoms with Gasteiger partial charge in [-0.3, -0.25) is 0 Å². The van der Waals surface area contributed by atoms with Gasteiger partial charge in [0, 0.05) is 0 Å². The highest BCUT2D eigenvalue weighted by atomic mass is 19.2. The zero-order valence-electron chi connectivity index (χ0n) is 8.02. The summed E-state index contributed by atoms with van der Waals surface area (Å²) in [6, 6.07) is 3.59. The quantitative estimate of drug-likeness (QED) is 0.847. The molecule has 1 heterocycles. The summed E-state index contributed by atoms with van der Waals surface area (Å²) in [7, 11) is 0. The fraction of sp³-hybridized carbons (Fsp3) is 0. The van der Waals surface area contributed by atoms with Gasteiger partial charge >= 0.3 is 0 Å². The second-order valence-electron chi connectivity index (χ2n) is 2.94. The topological polar surface area (TPSA) is 61.0 Å². The second-order valence-corrected chi connectivity index (χ2v) is 2.94. The Balaban J connectivity index is 2.35. The predicted octanol–water partition coefficient (Wildman–Crippen LogP) is 2.13. The van der Waals surface area contributed by atoms with E-state index in [1.165, 1.54) is 24.7 Å². The first-order valence-corrected chi connectivity index (χ1v) is 4.36. The van der Waals surface area contributed by atoms with Crippen LogP contribution in [0.15, 0.2) is 30.7 Å². The number of rotatable bonds is 2. The minimum atomic E-state index is -1.08. The molecule has 0 aliphatic heterocycles. The van der Waals surface area contributed by atoms with Gasteiger partial charge in [0.25, 0.3) is 0 Å². The maximum atomic E-state index is 13.2. The molecule has 0 unspecified atom stereocenters. The zero-order chi connectivity index (χ0) is 11.5. The van der Waals surface area contributed by atoms with Crippen LogP contribution in [-0.2, 0) is 0 Å². The van der Waals surface area contributed by atoms with Crippen LogP contribution in [0.1, 0.15) is 0 Å². The third-order valence-corrected chi connectivity index (χ3v) is 1.83. The second kappa shape index (κ2) is 4.09. The molecule has 0 radical (unpaired) electrons. The lowest BCUT2D eigenvalue weighted by atomic mass is 10.3. The van der Waals surface area contributed by atoms with E-state index in [-0.39, 0.29) is 17.3 Å². The third kappa shape index (κ3) is 1.90. The largest absolute Gasteiger partial charge is 0.434 e. The van der Waals surface area contributed by atoms with Crippen molar-refractivity contribution >= 4 is 5.69 Å². The van der Waals surface area contributed by atoms with Crippen molar-refractivity contribution in [2.45, 2.75) is 0 Å². The Bertz CT molecular complexity index is 519. The van der Waals surface area contributed by atoms with Gasteiger partial charge in [-0.05, 0) is 12.1 Å². The number of nitrogens with zero attached hydrogens (tertiary/aromatic N) is 2. The fourth-order valence-corrected chi connectivity index (χ4v) is 1.08. The van der Waals surface area contributed by atoms with Crippen molar-refractivity contribution in [1.82, 2.24) is 9.97 Å². The third-order valence-electron chi connectivity index (χ3n) is 1.83. The van der Waals surface area contributed by atoms with E-state index in [2.05, 4.69) is 9.97 Å². The predicted molar refractivity (Wildman–Crippen MR) is 52.9 cm³/mol. The molecule has 2 rings (SSSR count). The maximum Gasteiger partial charge on any atom is 0.245 e. The number of halogens is 2. The number of hydrogen-bond donors (Lipinski definition) is 1. The lowest BCUT2D eigenvalue weighted by Crippen LogP contribution is -1.98. The van der Waals surface area contributed by atoms with Crippen molar-refractivity contribution < 1.29 is 13.5 Å². The number of nitrogen functional groups attached to an aromatic ring is 1. The lowest BCUT2D eigenvalue weighted by Gasteiger charge is -2.07. The van der Waals surface area contributed by atoms with E-state index >= 15 is 0 Å². The molecule has 6 heteroatoms. The van der Waals surface area contributed by atoms with E-state index < -0.39 is 11.6 Å². The first kappa shape index (κ1) is 10.3. The van der Waals surface area contributed by atoms with E-state index in [0.29, 0.717) is 0 Å². The molecule has 0 saturated heterocycles. The molecule has 2 N–H and O–H groups in total. The minimum absolute atomic E-state index is 0.0144. The average Bonchev–Trinajstić information content (AvgIpc) is 2.28. The Morgan fingerprint density at radius 3 is 2.81 bits per heavy atom. The lowest BCUT2D eigenvalue weighted by molar-refractivity contribution is 0.406. The van der Waals surface area contributed by atoms with Crippen molar-refractivity contribution in [2.75, 3.05) is 5.73 Å². The van der Waals surface area contributed by atoms with Crippen LogP contribution in [0.2, 0.25) is 0 Å². The van der Waals surface area contributed by atoms with E-state index in [9.17, 15) is 8.78 Å². The Morgan fingerprint density at radius 1 is 1.25 bits per heavy atom. The summed E-state index contributed by atoms with van der Waals surface area (Å²) in [4.78, 5) is 7.34. The Kier molecular flexibility index (Phi) is 2.63. The van der Waals surface area contributed by atoms with Crippen molar-refractivity contribution in [1.29, 1.82) is 0 Å². The fourth-order valence-electron chi connectivity index (χ4n) is 1.08. The number of nitrogens with two attached hydrogens (primary N) is 1. The molecular formula is C10H7F2N3O. The van der Waals surface area contributed by atoms with Crippen molar-refractivity contribution in [3.8, 4) is 11.6 Å². The highest BCUT2D eigenvalue weighted by Gasteiger charge is 2.11. The molecule has 0 spiro atoms. The first-order chi connectivity index (χ1) is 7.68. The van der Waals surface area contributed by atoms with Crippen LogP contribution in [0.25, 0.3) is 0 Å². The normalized spacial score (nSPS) is 10.1. The number of hydrogen-bond acceptors (Lipinski definition) is 4. The molecule has 1 aromatic heterocycles. The van der Waals surface area contributed by atoms with Gasteiger partial charge < -0.3 is 10.5 Å². The molecule has 1 aromatic carbocycles. The van der Waals surface area contributed by atoms with Crippen LogP contribution in [0.3, 0.4) is 0 Å². The molecule has 0 bridgehead atoms. The molecule has 82 valence electrons. The molecule has 4 nitrogen and oxygen atoms in total. The Labute approximate surface area is 89.7 Å². The minimum Gasteiger partial charge on any atom is -0.434 e. The summed E-state index contributed by atoms with van der Waals surface area (Å²) in [6.45, 7) is 0. The summed E-state index contributed by atoms with van der Waals surface area (Å²) in [5, 5.41) is 0. The van der Waals surface area contributed by atoms with Crippen LogP contribution >= 0.6 is 0 Å². The molecule has 0 aliphatic rings. The van der Waals surface area contributed by atoms with Gasteiger partial charge in [0.15, 0.2) is 11.6 Å². The van der Waals surface area contributed by atoms with Gasteiger partial charge in [-0.25, -0.2) is 9.37 Å². The molecular weight excluding hydrogens is 216 g/mol. The van der Waals surface area contributed by atoms with E-state index in [4.69, 9.17) is 10.5 Å². The molecule has 0 saturated carbocycles.